The van der Waals surface area contributed by atoms with Gasteiger partial charge in [-0.3, -0.25) is 9.48 Å². The number of carbonyl (C=O) groups excluding carboxylic acids is 1. The molecule has 0 fully saturated rings. The molecular formula is C13H11F2N3O4. The number of nitrogens with zero attached hydrogens (tertiary/aromatic N) is 2. The molecule has 2 aromatic rings. The van der Waals surface area contributed by atoms with E-state index in [4.69, 9.17) is 5.11 Å². The number of ether oxygens (including phenoxy) is 1. The maximum atomic E-state index is 12.0. The number of carbonyl (C=O) groups is 2. The number of aryl methyl sites for hydroxylation is 1. The van der Waals surface area contributed by atoms with E-state index in [-0.39, 0.29) is 17.0 Å². The fourth-order valence-electron chi connectivity index (χ4n) is 1.78. The van der Waals surface area contributed by atoms with Gasteiger partial charge in [-0.1, -0.05) is 0 Å². The summed E-state index contributed by atoms with van der Waals surface area (Å²) in [5, 5.41) is 15.2. The van der Waals surface area contributed by atoms with Crippen LogP contribution in [0.25, 0.3) is 0 Å². The molecule has 9 heteroatoms. The summed E-state index contributed by atoms with van der Waals surface area (Å²) in [6.45, 7) is -2.94. The molecule has 1 aromatic carbocycles. The van der Waals surface area contributed by atoms with Gasteiger partial charge < -0.3 is 15.2 Å². The highest BCUT2D eigenvalue weighted by molar-refractivity contribution is 6.09. The zero-order valence-corrected chi connectivity index (χ0v) is 11.3. The second-order valence-electron chi connectivity index (χ2n) is 4.19. The van der Waals surface area contributed by atoms with E-state index >= 15 is 0 Å². The first-order chi connectivity index (χ1) is 10.4. The number of benzene rings is 1. The molecular weight excluding hydrogens is 300 g/mol. The van der Waals surface area contributed by atoms with Gasteiger partial charge in [-0.2, -0.15) is 13.9 Å². The zero-order chi connectivity index (χ0) is 16.3. The number of hydrogen-bond donors (Lipinski definition) is 2. The van der Waals surface area contributed by atoms with E-state index in [0.717, 1.165) is 10.9 Å². The Labute approximate surface area is 123 Å². The Balaban J connectivity index is 2.14. The van der Waals surface area contributed by atoms with Crippen molar-refractivity contribution in [1.29, 1.82) is 0 Å². The average molecular weight is 311 g/mol. The van der Waals surface area contributed by atoms with Crippen molar-refractivity contribution in [3.63, 3.8) is 0 Å². The first-order valence-electron chi connectivity index (χ1n) is 6.00. The Morgan fingerprint density at radius 1 is 1.32 bits per heavy atom. The van der Waals surface area contributed by atoms with Crippen LogP contribution in [-0.2, 0) is 7.05 Å². The van der Waals surface area contributed by atoms with Crippen LogP contribution in [0, 0.1) is 0 Å². The summed E-state index contributed by atoms with van der Waals surface area (Å²) in [7, 11) is 1.40. The number of amides is 1. The second-order valence-corrected chi connectivity index (χ2v) is 4.19. The number of carboxylic acids is 1. The van der Waals surface area contributed by atoms with Gasteiger partial charge in [-0.25, -0.2) is 4.79 Å². The van der Waals surface area contributed by atoms with Crippen LogP contribution in [-0.4, -0.2) is 33.4 Å². The summed E-state index contributed by atoms with van der Waals surface area (Å²) in [4.78, 5) is 23.1. The van der Waals surface area contributed by atoms with Crippen LogP contribution >= 0.6 is 0 Å². The summed E-state index contributed by atoms with van der Waals surface area (Å²) in [5.74, 6) is -2.01. The van der Waals surface area contributed by atoms with Crippen molar-refractivity contribution in [1.82, 2.24) is 9.78 Å². The topological polar surface area (TPSA) is 93.5 Å². The molecule has 2 rings (SSSR count). The molecule has 7 nitrogen and oxygen atoms in total. The van der Waals surface area contributed by atoms with Gasteiger partial charge in [-0.15, -0.1) is 0 Å². The SMILES string of the molecule is Cn1ncc(C(=O)Nc2ccc(OC(F)F)cc2)c1C(=O)O. The lowest BCUT2D eigenvalue weighted by molar-refractivity contribution is -0.0498. The molecule has 1 amide bonds. The Kier molecular flexibility index (Phi) is 4.35. The number of halogens is 2. The van der Waals surface area contributed by atoms with E-state index in [1.165, 1.54) is 31.3 Å². The summed E-state index contributed by atoms with van der Waals surface area (Å²) in [5.41, 5.74) is -0.0649. The monoisotopic (exact) mass is 311 g/mol. The normalized spacial score (nSPS) is 10.5. The molecule has 0 radical (unpaired) electrons. The molecule has 0 aliphatic rings. The summed E-state index contributed by atoms with van der Waals surface area (Å²) in [6.07, 6.45) is 1.13. The molecule has 116 valence electrons. The van der Waals surface area contributed by atoms with Crippen LogP contribution in [0.1, 0.15) is 20.8 Å². The van der Waals surface area contributed by atoms with Gasteiger partial charge in [0, 0.05) is 12.7 Å². The van der Waals surface area contributed by atoms with Crippen LogP contribution in [0.2, 0.25) is 0 Å². The minimum atomic E-state index is -2.94. The van der Waals surface area contributed by atoms with Crippen LogP contribution in [0.5, 0.6) is 5.75 Å². The predicted octanol–water partition coefficient (Wildman–Crippen LogP) is 1.97. The highest BCUT2D eigenvalue weighted by Gasteiger charge is 2.21. The average Bonchev–Trinajstić information content (AvgIpc) is 2.82. The quantitative estimate of drug-likeness (QED) is 0.880. The van der Waals surface area contributed by atoms with E-state index in [0.29, 0.717) is 5.69 Å². The lowest BCUT2D eigenvalue weighted by Crippen LogP contribution is -2.17. The number of carboxylic acid groups (broad SMARTS) is 1. The fourth-order valence-corrected chi connectivity index (χ4v) is 1.78. The van der Waals surface area contributed by atoms with Gasteiger partial charge >= 0.3 is 12.6 Å². The number of rotatable bonds is 5. The third-order valence-corrected chi connectivity index (χ3v) is 2.72. The predicted molar refractivity (Wildman–Crippen MR) is 71.2 cm³/mol. The third kappa shape index (κ3) is 3.37. The van der Waals surface area contributed by atoms with E-state index in [9.17, 15) is 18.4 Å². The number of aromatic nitrogens is 2. The molecule has 0 spiro atoms. The van der Waals surface area contributed by atoms with Gasteiger partial charge in [0.2, 0.25) is 0 Å². The number of nitrogens with one attached hydrogen (secondary N) is 1. The largest absolute Gasteiger partial charge is 0.477 e. The molecule has 0 saturated carbocycles. The first-order valence-corrected chi connectivity index (χ1v) is 6.00. The fraction of sp³-hybridized carbons (Fsp3) is 0.154. The van der Waals surface area contributed by atoms with Gasteiger partial charge in [0.15, 0.2) is 5.69 Å². The zero-order valence-electron chi connectivity index (χ0n) is 11.3. The lowest BCUT2D eigenvalue weighted by Gasteiger charge is -2.07. The molecule has 22 heavy (non-hydrogen) atoms. The van der Waals surface area contributed by atoms with Crippen molar-refractivity contribution in [3.05, 3.63) is 41.7 Å². The number of hydrogen-bond acceptors (Lipinski definition) is 4. The maximum Gasteiger partial charge on any atom is 0.387 e. The molecule has 0 bridgehead atoms. The van der Waals surface area contributed by atoms with Gasteiger partial charge in [0.25, 0.3) is 5.91 Å². The smallest absolute Gasteiger partial charge is 0.387 e. The molecule has 0 saturated heterocycles. The Morgan fingerprint density at radius 2 is 1.95 bits per heavy atom. The van der Waals surface area contributed by atoms with E-state index in [2.05, 4.69) is 15.2 Å². The van der Waals surface area contributed by atoms with Crippen molar-refractivity contribution in [2.45, 2.75) is 6.61 Å². The molecule has 1 heterocycles. The van der Waals surface area contributed by atoms with Crippen molar-refractivity contribution >= 4 is 17.6 Å². The molecule has 1 aromatic heterocycles. The Hall–Kier alpha value is -2.97. The van der Waals surface area contributed by atoms with Crippen molar-refractivity contribution in [2.75, 3.05) is 5.32 Å². The molecule has 0 atom stereocenters. The third-order valence-electron chi connectivity index (χ3n) is 2.72. The minimum Gasteiger partial charge on any atom is -0.477 e. The van der Waals surface area contributed by atoms with Crippen molar-refractivity contribution in [2.24, 2.45) is 7.05 Å². The van der Waals surface area contributed by atoms with Crippen LogP contribution in [0.4, 0.5) is 14.5 Å². The standard InChI is InChI=1S/C13H11F2N3O4/c1-18-10(12(20)21)9(6-16-18)11(19)17-7-2-4-8(5-3-7)22-13(14)15/h2-6,13H,1H3,(H,17,19)(H,20,21). The molecule has 0 aliphatic carbocycles. The number of anilines is 1. The number of aromatic carboxylic acids is 1. The summed E-state index contributed by atoms with van der Waals surface area (Å²) < 4.78 is 29.3. The summed E-state index contributed by atoms with van der Waals surface area (Å²) >= 11 is 0. The Morgan fingerprint density at radius 3 is 2.50 bits per heavy atom. The lowest BCUT2D eigenvalue weighted by atomic mass is 10.2. The maximum absolute atomic E-state index is 12.0. The van der Waals surface area contributed by atoms with E-state index in [1.807, 2.05) is 0 Å². The second kappa shape index (κ2) is 6.20. The minimum absolute atomic E-state index is 0.0550. The number of alkyl halides is 2. The van der Waals surface area contributed by atoms with Crippen LogP contribution < -0.4 is 10.1 Å². The van der Waals surface area contributed by atoms with Gasteiger partial charge in [0.1, 0.15) is 5.75 Å². The summed E-state index contributed by atoms with van der Waals surface area (Å²) in [6, 6.07) is 5.21. The molecule has 0 unspecified atom stereocenters. The van der Waals surface area contributed by atoms with Gasteiger partial charge in [-0.05, 0) is 24.3 Å². The van der Waals surface area contributed by atoms with E-state index < -0.39 is 18.5 Å². The van der Waals surface area contributed by atoms with Gasteiger partial charge in [0.05, 0.1) is 11.8 Å². The highest BCUT2D eigenvalue weighted by Crippen LogP contribution is 2.19. The van der Waals surface area contributed by atoms with Crippen molar-refractivity contribution in [3.8, 4) is 5.75 Å². The van der Waals surface area contributed by atoms with Crippen LogP contribution in [0.15, 0.2) is 30.5 Å². The first kappa shape index (κ1) is 15.4. The Bertz CT molecular complexity index is 698. The van der Waals surface area contributed by atoms with Crippen molar-refractivity contribution < 1.29 is 28.2 Å². The van der Waals surface area contributed by atoms with Crippen LogP contribution in [0.3, 0.4) is 0 Å². The molecule has 0 aliphatic heterocycles. The van der Waals surface area contributed by atoms with E-state index in [1.54, 1.807) is 0 Å². The molecule has 2 N–H and O–H groups in total. The highest BCUT2D eigenvalue weighted by atomic mass is 19.3.